The minimum Gasteiger partial charge on any atom is -0.467 e. The Balaban J connectivity index is 3.65. The number of hydrogen-bond donors (Lipinski definition) is 0. The molecule has 0 bridgehead atoms. The summed E-state index contributed by atoms with van der Waals surface area (Å²) in [4.78, 5) is 10.8. The van der Waals surface area contributed by atoms with Crippen LogP contribution in [0.25, 0.3) is 0 Å². The highest BCUT2D eigenvalue weighted by atomic mass is 16.7. The van der Waals surface area contributed by atoms with Gasteiger partial charge in [0.15, 0.2) is 6.10 Å². The second-order valence-corrected chi connectivity index (χ2v) is 1.99. The summed E-state index contributed by atoms with van der Waals surface area (Å²) in [5, 5.41) is 0. The third kappa shape index (κ3) is 3.95. The summed E-state index contributed by atoms with van der Waals surface area (Å²) in [6.45, 7) is 1.96. The molecule has 0 saturated carbocycles. The lowest BCUT2D eigenvalue weighted by Crippen LogP contribution is -2.25. The van der Waals surface area contributed by atoms with Gasteiger partial charge in [-0.3, -0.25) is 0 Å². The molecule has 4 nitrogen and oxygen atoms in total. The van der Waals surface area contributed by atoms with Crippen molar-refractivity contribution in [1.82, 2.24) is 0 Å². The first-order valence-electron chi connectivity index (χ1n) is 3.44. The van der Waals surface area contributed by atoms with Gasteiger partial charge in [-0.2, -0.15) is 0 Å². The molecule has 0 rings (SSSR count). The van der Waals surface area contributed by atoms with Gasteiger partial charge in [0.1, 0.15) is 6.79 Å². The number of hydrogen-bond acceptors (Lipinski definition) is 4. The van der Waals surface area contributed by atoms with E-state index in [1.54, 1.807) is 0 Å². The maximum atomic E-state index is 10.8. The fraction of sp³-hybridized carbons (Fsp3) is 0.857. The first-order chi connectivity index (χ1) is 5.26. The summed E-state index contributed by atoms with van der Waals surface area (Å²) in [7, 11) is 2.84. The van der Waals surface area contributed by atoms with Gasteiger partial charge in [0.2, 0.25) is 0 Å². The second kappa shape index (κ2) is 6.12. The van der Waals surface area contributed by atoms with E-state index in [4.69, 9.17) is 4.74 Å². The van der Waals surface area contributed by atoms with Gasteiger partial charge in [-0.1, -0.05) is 6.92 Å². The molecule has 1 atom stereocenters. The molecule has 0 saturated heterocycles. The van der Waals surface area contributed by atoms with Gasteiger partial charge in [-0.15, -0.1) is 0 Å². The lowest BCUT2D eigenvalue weighted by molar-refractivity contribution is -0.162. The Labute approximate surface area is 66.4 Å². The Bertz CT molecular complexity index is 113. The maximum absolute atomic E-state index is 10.8. The molecule has 0 aromatic carbocycles. The van der Waals surface area contributed by atoms with Crippen LogP contribution in [0.2, 0.25) is 0 Å². The van der Waals surface area contributed by atoms with E-state index in [9.17, 15) is 4.79 Å². The minimum atomic E-state index is -0.500. The predicted octanol–water partition coefficient (Wildman–Crippen LogP) is 0.558. The third-order valence-corrected chi connectivity index (χ3v) is 1.22. The average molecular weight is 162 g/mol. The summed E-state index contributed by atoms with van der Waals surface area (Å²) in [6.07, 6.45) is 0.0932. The van der Waals surface area contributed by atoms with Crippen LogP contribution >= 0.6 is 0 Å². The molecule has 0 N–H and O–H groups in total. The Kier molecular flexibility index (Phi) is 5.78. The molecule has 0 amide bonds. The number of methoxy groups -OCH3 is 2. The van der Waals surface area contributed by atoms with E-state index in [1.165, 1.54) is 14.2 Å². The summed E-state index contributed by atoms with van der Waals surface area (Å²) in [5.41, 5.74) is 0. The van der Waals surface area contributed by atoms with Crippen molar-refractivity contribution in [3.8, 4) is 0 Å². The predicted molar refractivity (Wildman–Crippen MR) is 39.1 cm³/mol. The molecule has 0 fully saturated rings. The second-order valence-electron chi connectivity index (χ2n) is 1.99. The Morgan fingerprint density at radius 3 is 2.45 bits per heavy atom. The fourth-order valence-electron chi connectivity index (χ4n) is 0.634. The molecule has 0 radical (unpaired) electrons. The van der Waals surface area contributed by atoms with E-state index in [0.717, 1.165) is 0 Å². The van der Waals surface area contributed by atoms with Crippen LogP contribution in [-0.4, -0.2) is 33.1 Å². The van der Waals surface area contributed by atoms with Crippen molar-refractivity contribution in [3.05, 3.63) is 0 Å². The smallest absolute Gasteiger partial charge is 0.335 e. The molecule has 0 heterocycles. The molecule has 4 heteroatoms. The number of carbonyl (C=O) groups excluding carboxylic acids is 1. The molecule has 66 valence electrons. The Morgan fingerprint density at radius 1 is 1.45 bits per heavy atom. The number of rotatable bonds is 5. The first-order valence-corrected chi connectivity index (χ1v) is 3.44. The highest BCUT2D eigenvalue weighted by molar-refractivity contribution is 5.74. The van der Waals surface area contributed by atoms with Crippen LogP contribution in [0.1, 0.15) is 13.3 Å². The van der Waals surface area contributed by atoms with Crippen LogP contribution in [0.5, 0.6) is 0 Å². The summed E-state index contributed by atoms with van der Waals surface area (Å²) in [6, 6.07) is 0. The molecule has 1 unspecified atom stereocenters. The minimum absolute atomic E-state index is 0.119. The van der Waals surface area contributed by atoms with Gasteiger partial charge in [0.25, 0.3) is 0 Å². The third-order valence-electron chi connectivity index (χ3n) is 1.22. The van der Waals surface area contributed by atoms with Gasteiger partial charge in [0.05, 0.1) is 7.11 Å². The van der Waals surface area contributed by atoms with Crippen molar-refractivity contribution in [2.24, 2.45) is 0 Å². The van der Waals surface area contributed by atoms with Crippen molar-refractivity contribution >= 4 is 5.97 Å². The molecule has 0 aromatic rings. The molecule has 0 aliphatic heterocycles. The highest BCUT2D eigenvalue weighted by Gasteiger charge is 2.16. The zero-order valence-electron chi connectivity index (χ0n) is 7.12. The molecular formula is C7H14O4. The Morgan fingerprint density at radius 2 is 2.09 bits per heavy atom. The normalized spacial score (nSPS) is 12.6. The standard InChI is InChI=1S/C7H14O4/c1-4-6(7(8)10-3)11-5-9-2/h6H,4-5H2,1-3H3. The van der Waals surface area contributed by atoms with Gasteiger partial charge in [-0.25, -0.2) is 4.79 Å². The van der Waals surface area contributed by atoms with Gasteiger partial charge in [0, 0.05) is 7.11 Å². The zero-order valence-corrected chi connectivity index (χ0v) is 7.12. The fourth-order valence-corrected chi connectivity index (χ4v) is 0.634. The summed E-state index contributed by atoms with van der Waals surface area (Å²) >= 11 is 0. The van der Waals surface area contributed by atoms with Crippen LogP contribution in [0, 0.1) is 0 Å². The van der Waals surface area contributed by atoms with E-state index < -0.39 is 6.10 Å². The van der Waals surface area contributed by atoms with E-state index in [0.29, 0.717) is 6.42 Å². The lowest BCUT2D eigenvalue weighted by Gasteiger charge is -2.11. The van der Waals surface area contributed by atoms with Crippen molar-refractivity contribution in [2.75, 3.05) is 21.0 Å². The lowest BCUT2D eigenvalue weighted by atomic mass is 10.3. The van der Waals surface area contributed by atoms with E-state index >= 15 is 0 Å². The SMILES string of the molecule is CCC(OCOC)C(=O)OC. The van der Waals surface area contributed by atoms with Gasteiger partial charge in [-0.05, 0) is 6.42 Å². The maximum Gasteiger partial charge on any atom is 0.335 e. The quantitative estimate of drug-likeness (QED) is 0.437. The first kappa shape index (κ1) is 10.4. The number of esters is 1. The van der Waals surface area contributed by atoms with Crippen molar-refractivity contribution in [2.45, 2.75) is 19.4 Å². The summed E-state index contributed by atoms with van der Waals surface area (Å²) in [5.74, 6) is -0.357. The molecule has 11 heavy (non-hydrogen) atoms. The monoisotopic (exact) mass is 162 g/mol. The van der Waals surface area contributed by atoms with Crippen LogP contribution in [0.3, 0.4) is 0 Å². The van der Waals surface area contributed by atoms with Gasteiger partial charge >= 0.3 is 5.97 Å². The van der Waals surface area contributed by atoms with Crippen molar-refractivity contribution < 1.29 is 19.0 Å². The van der Waals surface area contributed by atoms with Crippen LogP contribution in [-0.2, 0) is 19.0 Å². The molecular weight excluding hydrogens is 148 g/mol. The molecule has 0 aliphatic rings. The van der Waals surface area contributed by atoms with E-state index in [2.05, 4.69) is 9.47 Å². The van der Waals surface area contributed by atoms with E-state index in [1.807, 2.05) is 6.92 Å². The number of carbonyl (C=O) groups is 1. The van der Waals surface area contributed by atoms with Gasteiger partial charge < -0.3 is 14.2 Å². The van der Waals surface area contributed by atoms with Crippen LogP contribution in [0.15, 0.2) is 0 Å². The molecule has 0 spiro atoms. The largest absolute Gasteiger partial charge is 0.467 e. The van der Waals surface area contributed by atoms with Crippen LogP contribution in [0.4, 0.5) is 0 Å². The Hall–Kier alpha value is -0.610. The number of ether oxygens (including phenoxy) is 3. The van der Waals surface area contributed by atoms with Crippen molar-refractivity contribution in [1.29, 1.82) is 0 Å². The van der Waals surface area contributed by atoms with E-state index in [-0.39, 0.29) is 12.8 Å². The molecule has 0 aliphatic carbocycles. The highest BCUT2D eigenvalue weighted by Crippen LogP contribution is 1.99. The summed E-state index contributed by atoms with van der Waals surface area (Å²) < 4.78 is 14.1. The topological polar surface area (TPSA) is 44.8 Å². The van der Waals surface area contributed by atoms with Crippen LogP contribution < -0.4 is 0 Å². The van der Waals surface area contributed by atoms with Crippen molar-refractivity contribution in [3.63, 3.8) is 0 Å². The molecule has 0 aromatic heterocycles. The zero-order chi connectivity index (χ0) is 8.69. The average Bonchev–Trinajstić information content (AvgIpc) is 2.05.